The third kappa shape index (κ3) is 1.84. The largest absolute Gasteiger partial charge is 0.299 e. The predicted molar refractivity (Wildman–Crippen MR) is 67.7 cm³/mol. The van der Waals surface area contributed by atoms with Gasteiger partial charge in [-0.05, 0) is 38.0 Å². The van der Waals surface area contributed by atoms with E-state index in [0.717, 1.165) is 32.1 Å². The average molecular weight is 241 g/mol. The van der Waals surface area contributed by atoms with E-state index >= 15 is 0 Å². The van der Waals surface area contributed by atoms with Gasteiger partial charge in [-0.3, -0.25) is 4.79 Å². The summed E-state index contributed by atoms with van der Waals surface area (Å²) in [6.45, 7) is 2.18. The van der Waals surface area contributed by atoms with Crippen LogP contribution in [-0.2, 0) is 4.79 Å². The summed E-state index contributed by atoms with van der Waals surface area (Å²) in [7, 11) is 0. The molecule has 2 aliphatic rings. The van der Waals surface area contributed by atoms with Gasteiger partial charge in [-0.15, -0.1) is 11.6 Å². The number of rotatable bonds is 3. The van der Waals surface area contributed by atoms with Crippen molar-refractivity contribution in [2.24, 2.45) is 11.3 Å². The van der Waals surface area contributed by atoms with Crippen molar-refractivity contribution in [2.75, 3.05) is 5.88 Å². The minimum atomic E-state index is 0.0217. The molecule has 0 aromatic carbocycles. The molecule has 0 saturated heterocycles. The average Bonchev–Trinajstić information content (AvgIpc) is 2.85. The SMILES string of the molecule is CC/C(=C\CCl)[C@@H]1CCC[C@@]12CCCC2=O. The summed E-state index contributed by atoms with van der Waals surface area (Å²) in [5.74, 6) is 1.62. The zero-order valence-electron chi connectivity index (χ0n) is 10.1. The van der Waals surface area contributed by atoms with E-state index in [1.807, 2.05) is 0 Å². The Labute approximate surface area is 103 Å². The third-order valence-electron chi connectivity index (χ3n) is 4.56. The fourth-order valence-corrected chi connectivity index (χ4v) is 4.03. The highest BCUT2D eigenvalue weighted by atomic mass is 35.5. The van der Waals surface area contributed by atoms with E-state index in [1.165, 1.54) is 18.4 Å². The molecule has 0 aromatic rings. The molecule has 2 saturated carbocycles. The molecular formula is C14H21ClO. The number of hydrogen-bond acceptors (Lipinski definition) is 1. The van der Waals surface area contributed by atoms with Crippen molar-refractivity contribution in [3.63, 3.8) is 0 Å². The number of carbonyl (C=O) groups excluding carboxylic acids is 1. The number of ketones is 1. The second kappa shape index (κ2) is 4.91. The van der Waals surface area contributed by atoms with Crippen LogP contribution in [0.1, 0.15) is 51.9 Å². The van der Waals surface area contributed by atoms with Gasteiger partial charge in [0.1, 0.15) is 5.78 Å². The predicted octanol–water partition coefficient (Wildman–Crippen LogP) is 4.10. The fraction of sp³-hybridized carbons (Fsp3) is 0.786. The normalized spacial score (nSPS) is 35.2. The van der Waals surface area contributed by atoms with Gasteiger partial charge in [0, 0.05) is 17.7 Å². The lowest BCUT2D eigenvalue weighted by Gasteiger charge is -2.31. The Kier molecular flexibility index (Phi) is 3.73. The van der Waals surface area contributed by atoms with Crippen LogP contribution in [0, 0.1) is 11.3 Å². The van der Waals surface area contributed by atoms with Crippen molar-refractivity contribution in [1.82, 2.24) is 0 Å². The Hall–Kier alpha value is -0.300. The van der Waals surface area contributed by atoms with E-state index in [0.29, 0.717) is 17.6 Å². The topological polar surface area (TPSA) is 17.1 Å². The number of Topliss-reactive ketones (excluding diaryl/α,β-unsaturated/α-hetero) is 1. The van der Waals surface area contributed by atoms with E-state index in [1.54, 1.807) is 0 Å². The number of alkyl halides is 1. The Morgan fingerprint density at radius 2 is 2.25 bits per heavy atom. The minimum absolute atomic E-state index is 0.0217. The van der Waals surface area contributed by atoms with Crippen LogP contribution in [0.15, 0.2) is 11.6 Å². The van der Waals surface area contributed by atoms with Crippen molar-refractivity contribution in [3.05, 3.63) is 11.6 Å². The molecule has 16 heavy (non-hydrogen) atoms. The molecule has 0 unspecified atom stereocenters. The van der Waals surface area contributed by atoms with Gasteiger partial charge in [-0.25, -0.2) is 0 Å². The molecule has 0 heterocycles. The van der Waals surface area contributed by atoms with Gasteiger partial charge >= 0.3 is 0 Å². The van der Waals surface area contributed by atoms with Crippen LogP contribution < -0.4 is 0 Å². The smallest absolute Gasteiger partial charge is 0.139 e. The summed E-state index contributed by atoms with van der Waals surface area (Å²) >= 11 is 5.82. The van der Waals surface area contributed by atoms with Crippen molar-refractivity contribution in [1.29, 1.82) is 0 Å². The third-order valence-corrected chi connectivity index (χ3v) is 4.71. The Balaban J connectivity index is 2.26. The molecular weight excluding hydrogens is 220 g/mol. The summed E-state index contributed by atoms with van der Waals surface area (Å²) in [5.41, 5.74) is 1.45. The first-order chi connectivity index (χ1) is 7.74. The van der Waals surface area contributed by atoms with Crippen LogP contribution in [0.2, 0.25) is 0 Å². The summed E-state index contributed by atoms with van der Waals surface area (Å²) in [6, 6.07) is 0. The molecule has 1 spiro atoms. The molecule has 0 aromatic heterocycles. The summed E-state index contributed by atoms with van der Waals surface area (Å²) < 4.78 is 0. The van der Waals surface area contributed by atoms with Gasteiger partial charge in [-0.1, -0.05) is 25.0 Å². The molecule has 2 atom stereocenters. The van der Waals surface area contributed by atoms with Gasteiger partial charge in [0.25, 0.3) is 0 Å². The Bertz CT molecular complexity index is 304. The highest BCUT2D eigenvalue weighted by molar-refractivity contribution is 6.18. The standard InChI is InChI=1S/C14H21ClO/c1-2-11(7-10-15)12-5-3-8-14(12)9-4-6-13(14)16/h7,12H,2-6,8-10H2,1H3/b11-7+/t12-,14+/m0/s1. The number of hydrogen-bond donors (Lipinski definition) is 0. The molecule has 2 heteroatoms. The van der Waals surface area contributed by atoms with Gasteiger partial charge in [-0.2, -0.15) is 0 Å². The first-order valence-corrected chi connectivity index (χ1v) is 7.06. The van der Waals surface area contributed by atoms with Crippen molar-refractivity contribution >= 4 is 17.4 Å². The van der Waals surface area contributed by atoms with Crippen LogP contribution in [0.3, 0.4) is 0 Å². The van der Waals surface area contributed by atoms with Gasteiger partial charge < -0.3 is 0 Å². The first-order valence-electron chi connectivity index (χ1n) is 6.53. The quantitative estimate of drug-likeness (QED) is 0.536. The zero-order chi connectivity index (χ0) is 11.6. The second-order valence-electron chi connectivity index (χ2n) is 5.16. The van der Waals surface area contributed by atoms with Crippen LogP contribution in [0.5, 0.6) is 0 Å². The van der Waals surface area contributed by atoms with Gasteiger partial charge in [0.15, 0.2) is 0 Å². The number of carbonyl (C=O) groups is 1. The lowest BCUT2D eigenvalue weighted by Crippen LogP contribution is -2.31. The summed E-state index contributed by atoms with van der Waals surface area (Å²) in [4.78, 5) is 12.2. The molecule has 0 bridgehead atoms. The molecule has 90 valence electrons. The molecule has 2 fully saturated rings. The van der Waals surface area contributed by atoms with E-state index in [-0.39, 0.29) is 5.41 Å². The maximum absolute atomic E-state index is 12.2. The lowest BCUT2D eigenvalue weighted by atomic mass is 9.71. The van der Waals surface area contributed by atoms with Gasteiger partial charge in [0.05, 0.1) is 0 Å². The molecule has 2 rings (SSSR count). The van der Waals surface area contributed by atoms with E-state index in [4.69, 9.17) is 11.6 Å². The molecule has 0 radical (unpaired) electrons. The zero-order valence-corrected chi connectivity index (χ0v) is 10.9. The summed E-state index contributed by atoms with van der Waals surface area (Å²) in [5, 5.41) is 0. The summed E-state index contributed by atoms with van der Waals surface area (Å²) in [6.07, 6.45) is 9.77. The molecule has 1 nitrogen and oxygen atoms in total. The first kappa shape index (κ1) is 12.2. The van der Waals surface area contributed by atoms with Crippen molar-refractivity contribution in [3.8, 4) is 0 Å². The highest BCUT2D eigenvalue weighted by Gasteiger charge is 2.51. The number of allylic oxidation sites excluding steroid dienone is 2. The van der Waals surface area contributed by atoms with E-state index < -0.39 is 0 Å². The molecule has 0 N–H and O–H groups in total. The van der Waals surface area contributed by atoms with Gasteiger partial charge in [0.2, 0.25) is 0 Å². The lowest BCUT2D eigenvalue weighted by molar-refractivity contribution is -0.127. The van der Waals surface area contributed by atoms with E-state index in [2.05, 4.69) is 13.0 Å². The Morgan fingerprint density at radius 3 is 2.81 bits per heavy atom. The molecule has 2 aliphatic carbocycles. The van der Waals surface area contributed by atoms with Crippen LogP contribution in [-0.4, -0.2) is 11.7 Å². The Morgan fingerprint density at radius 1 is 1.50 bits per heavy atom. The van der Waals surface area contributed by atoms with Crippen molar-refractivity contribution in [2.45, 2.75) is 51.9 Å². The fourth-order valence-electron chi connectivity index (χ4n) is 3.83. The molecule has 0 amide bonds. The van der Waals surface area contributed by atoms with Crippen LogP contribution in [0.4, 0.5) is 0 Å². The van der Waals surface area contributed by atoms with Crippen molar-refractivity contribution < 1.29 is 4.79 Å². The molecule has 0 aliphatic heterocycles. The maximum atomic E-state index is 12.2. The minimum Gasteiger partial charge on any atom is -0.299 e. The van der Waals surface area contributed by atoms with Crippen LogP contribution >= 0.6 is 11.6 Å². The number of halogens is 1. The second-order valence-corrected chi connectivity index (χ2v) is 5.47. The van der Waals surface area contributed by atoms with Crippen LogP contribution in [0.25, 0.3) is 0 Å². The van der Waals surface area contributed by atoms with E-state index in [9.17, 15) is 4.79 Å². The highest BCUT2D eigenvalue weighted by Crippen LogP contribution is 2.55. The monoisotopic (exact) mass is 240 g/mol. The maximum Gasteiger partial charge on any atom is 0.139 e.